The van der Waals surface area contributed by atoms with Gasteiger partial charge in [0.1, 0.15) is 17.4 Å². The van der Waals surface area contributed by atoms with E-state index in [1.54, 1.807) is 18.2 Å². The molecule has 0 saturated heterocycles. The number of rotatable bonds is 5. The third-order valence-corrected chi connectivity index (χ3v) is 3.76. The molecule has 0 aliphatic carbocycles. The van der Waals surface area contributed by atoms with Crippen LogP contribution < -0.4 is 4.74 Å². The van der Waals surface area contributed by atoms with Crippen LogP contribution in [0.15, 0.2) is 78.9 Å². The van der Waals surface area contributed by atoms with Gasteiger partial charge in [-0.1, -0.05) is 30.3 Å². The Kier molecular flexibility index (Phi) is 5.52. The molecule has 0 fully saturated rings. The van der Waals surface area contributed by atoms with Gasteiger partial charge in [-0.2, -0.15) is 0 Å². The summed E-state index contributed by atoms with van der Waals surface area (Å²) in [5.74, 6) is -2.07. The van der Waals surface area contributed by atoms with E-state index in [0.29, 0.717) is 11.1 Å². The fourth-order valence-corrected chi connectivity index (χ4v) is 2.35. The van der Waals surface area contributed by atoms with Gasteiger partial charge < -0.3 is 4.74 Å². The average molecular weight is 364 g/mol. The normalized spacial score (nSPS) is 10.7. The lowest BCUT2D eigenvalue weighted by atomic mass is 10.1. The highest BCUT2D eigenvalue weighted by atomic mass is 19.1. The highest BCUT2D eigenvalue weighted by Gasteiger charge is 2.13. The van der Waals surface area contributed by atoms with E-state index in [9.17, 15) is 18.4 Å². The molecule has 0 N–H and O–H groups in total. The number of ether oxygens (including phenoxy) is 1. The summed E-state index contributed by atoms with van der Waals surface area (Å²) in [6.45, 7) is 0. The standard InChI is InChI=1S/C22H14F2O3/c23-19-7-3-1-5-15(19)11-14-21(25)16-9-12-17(13-10-16)27-22(26)18-6-2-4-8-20(18)24/h1-14H. The molecular weight excluding hydrogens is 350 g/mol. The number of hydrogen-bond acceptors (Lipinski definition) is 3. The number of allylic oxidation sites excluding steroid dienone is 1. The maximum atomic E-state index is 13.6. The molecule has 0 aliphatic rings. The molecule has 0 spiro atoms. The number of carbonyl (C=O) groups is 2. The first-order valence-electron chi connectivity index (χ1n) is 8.08. The van der Waals surface area contributed by atoms with Crippen LogP contribution in [0.4, 0.5) is 8.78 Å². The fraction of sp³-hybridized carbons (Fsp3) is 0. The van der Waals surface area contributed by atoms with Gasteiger partial charge in [0.2, 0.25) is 0 Å². The van der Waals surface area contributed by atoms with E-state index < -0.39 is 17.6 Å². The Hall–Kier alpha value is -3.60. The van der Waals surface area contributed by atoms with Gasteiger partial charge in [0, 0.05) is 11.1 Å². The van der Waals surface area contributed by atoms with Crippen LogP contribution in [-0.4, -0.2) is 11.8 Å². The SMILES string of the molecule is O=C(C=Cc1ccccc1F)c1ccc(OC(=O)c2ccccc2F)cc1. The van der Waals surface area contributed by atoms with E-state index in [-0.39, 0.29) is 17.1 Å². The summed E-state index contributed by atoms with van der Waals surface area (Å²) in [6.07, 6.45) is 2.66. The summed E-state index contributed by atoms with van der Waals surface area (Å²) in [5.41, 5.74) is 0.472. The highest BCUT2D eigenvalue weighted by molar-refractivity contribution is 6.06. The van der Waals surface area contributed by atoms with Crippen molar-refractivity contribution in [2.24, 2.45) is 0 Å². The molecule has 0 unspecified atom stereocenters. The summed E-state index contributed by atoms with van der Waals surface area (Å²) in [4.78, 5) is 24.1. The number of hydrogen-bond donors (Lipinski definition) is 0. The van der Waals surface area contributed by atoms with Crippen molar-refractivity contribution in [3.05, 3.63) is 107 Å². The molecule has 0 amide bonds. The maximum Gasteiger partial charge on any atom is 0.346 e. The number of ketones is 1. The van der Waals surface area contributed by atoms with Crippen LogP contribution in [0, 0.1) is 11.6 Å². The summed E-state index contributed by atoms with van der Waals surface area (Å²) < 4.78 is 32.2. The van der Waals surface area contributed by atoms with Crippen LogP contribution >= 0.6 is 0 Å². The first-order valence-corrected chi connectivity index (χ1v) is 8.08. The minimum absolute atomic E-state index is 0.175. The maximum absolute atomic E-state index is 13.6. The smallest absolute Gasteiger partial charge is 0.346 e. The Balaban J connectivity index is 1.68. The molecule has 0 aliphatic heterocycles. The third kappa shape index (κ3) is 4.52. The number of halogens is 2. The first kappa shape index (κ1) is 18.2. The van der Waals surface area contributed by atoms with Crippen molar-refractivity contribution in [2.75, 3.05) is 0 Å². The van der Waals surface area contributed by atoms with Gasteiger partial charge in [-0.3, -0.25) is 4.79 Å². The molecule has 0 radical (unpaired) electrons. The monoisotopic (exact) mass is 364 g/mol. The molecular formula is C22H14F2O3. The van der Waals surface area contributed by atoms with Crippen LogP contribution in [0.5, 0.6) is 5.75 Å². The molecule has 3 nitrogen and oxygen atoms in total. The van der Waals surface area contributed by atoms with Gasteiger partial charge in [-0.25, -0.2) is 13.6 Å². The zero-order valence-electron chi connectivity index (χ0n) is 14.1. The minimum atomic E-state index is -0.827. The first-order chi connectivity index (χ1) is 13.0. The van der Waals surface area contributed by atoms with Crippen molar-refractivity contribution < 1.29 is 23.1 Å². The third-order valence-electron chi connectivity index (χ3n) is 3.76. The molecule has 5 heteroatoms. The number of esters is 1. The van der Waals surface area contributed by atoms with Crippen molar-refractivity contribution in [3.8, 4) is 5.75 Å². The predicted octanol–water partition coefficient (Wildman–Crippen LogP) is 5.08. The van der Waals surface area contributed by atoms with E-state index in [2.05, 4.69) is 0 Å². The molecule has 0 saturated carbocycles. The fourth-order valence-electron chi connectivity index (χ4n) is 2.35. The Labute approximate surface area is 154 Å². The van der Waals surface area contributed by atoms with Crippen molar-refractivity contribution in [1.82, 2.24) is 0 Å². The molecule has 3 rings (SSSR count). The number of benzene rings is 3. The lowest BCUT2D eigenvalue weighted by molar-refractivity contribution is 0.0730. The molecule has 134 valence electrons. The van der Waals surface area contributed by atoms with Gasteiger partial charge in [0.15, 0.2) is 5.78 Å². The second kappa shape index (κ2) is 8.19. The van der Waals surface area contributed by atoms with E-state index in [4.69, 9.17) is 4.74 Å². The second-order valence-electron chi connectivity index (χ2n) is 5.61. The van der Waals surface area contributed by atoms with E-state index in [1.165, 1.54) is 66.7 Å². The van der Waals surface area contributed by atoms with Gasteiger partial charge in [-0.05, 0) is 54.6 Å². The Morgan fingerprint density at radius 2 is 1.41 bits per heavy atom. The van der Waals surface area contributed by atoms with E-state index in [1.807, 2.05) is 0 Å². The predicted molar refractivity (Wildman–Crippen MR) is 97.6 cm³/mol. The van der Waals surface area contributed by atoms with Crippen molar-refractivity contribution >= 4 is 17.8 Å². The molecule has 0 bridgehead atoms. The molecule has 3 aromatic rings. The van der Waals surface area contributed by atoms with Crippen LogP contribution in [-0.2, 0) is 0 Å². The lowest BCUT2D eigenvalue weighted by Crippen LogP contribution is -2.10. The summed E-state index contributed by atoms with van der Waals surface area (Å²) in [5, 5.41) is 0. The summed E-state index contributed by atoms with van der Waals surface area (Å²) in [6, 6.07) is 17.4. The second-order valence-corrected chi connectivity index (χ2v) is 5.61. The molecule has 0 atom stereocenters. The van der Waals surface area contributed by atoms with Crippen LogP contribution in [0.3, 0.4) is 0 Å². The van der Waals surface area contributed by atoms with Crippen molar-refractivity contribution in [1.29, 1.82) is 0 Å². The van der Waals surface area contributed by atoms with Crippen LogP contribution in [0.1, 0.15) is 26.3 Å². The Morgan fingerprint density at radius 1 is 0.778 bits per heavy atom. The molecule has 0 heterocycles. The summed E-state index contributed by atoms with van der Waals surface area (Å²) >= 11 is 0. The molecule has 3 aromatic carbocycles. The highest BCUT2D eigenvalue weighted by Crippen LogP contribution is 2.17. The Bertz CT molecular complexity index is 1010. The van der Waals surface area contributed by atoms with Gasteiger partial charge in [-0.15, -0.1) is 0 Å². The zero-order valence-corrected chi connectivity index (χ0v) is 14.1. The molecule has 27 heavy (non-hydrogen) atoms. The van der Waals surface area contributed by atoms with Gasteiger partial charge >= 0.3 is 5.97 Å². The Morgan fingerprint density at radius 3 is 2.07 bits per heavy atom. The average Bonchev–Trinajstić information content (AvgIpc) is 2.68. The quantitative estimate of drug-likeness (QED) is 0.274. The van der Waals surface area contributed by atoms with E-state index in [0.717, 1.165) is 0 Å². The minimum Gasteiger partial charge on any atom is -0.423 e. The van der Waals surface area contributed by atoms with Crippen molar-refractivity contribution in [2.45, 2.75) is 0 Å². The summed E-state index contributed by atoms with van der Waals surface area (Å²) in [7, 11) is 0. The van der Waals surface area contributed by atoms with Crippen molar-refractivity contribution in [3.63, 3.8) is 0 Å². The van der Waals surface area contributed by atoms with Gasteiger partial charge in [0.05, 0.1) is 5.56 Å². The van der Waals surface area contributed by atoms with Crippen LogP contribution in [0.2, 0.25) is 0 Å². The zero-order chi connectivity index (χ0) is 19.2. The largest absolute Gasteiger partial charge is 0.423 e. The number of carbonyl (C=O) groups excluding carboxylic acids is 2. The lowest BCUT2D eigenvalue weighted by Gasteiger charge is -2.05. The van der Waals surface area contributed by atoms with E-state index >= 15 is 0 Å². The van der Waals surface area contributed by atoms with Gasteiger partial charge in [0.25, 0.3) is 0 Å². The molecule has 0 aromatic heterocycles. The van der Waals surface area contributed by atoms with Crippen LogP contribution in [0.25, 0.3) is 6.08 Å². The topological polar surface area (TPSA) is 43.4 Å².